The van der Waals surface area contributed by atoms with E-state index in [2.05, 4.69) is 33.0 Å². The standard InChI is InChI=1S/C14H20ClNO.C2H6/c1-8(2)11-6-7-12(15)13(9(3)4)14(11)16-10(5)17;1-2/h6-9H,1-5H3,(H,16,17);1-2H3. The fraction of sp³-hybridized carbons (Fsp3) is 0.562. The van der Waals surface area contributed by atoms with Gasteiger partial charge in [0, 0.05) is 17.6 Å². The van der Waals surface area contributed by atoms with Crippen molar-refractivity contribution in [2.75, 3.05) is 5.32 Å². The predicted molar refractivity (Wildman–Crippen MR) is 85.3 cm³/mol. The van der Waals surface area contributed by atoms with Gasteiger partial charge in [0.15, 0.2) is 0 Å². The van der Waals surface area contributed by atoms with E-state index in [1.165, 1.54) is 6.92 Å². The number of hydrogen-bond acceptors (Lipinski definition) is 1. The third-order valence-corrected chi connectivity index (χ3v) is 3.05. The Hall–Kier alpha value is -1.02. The zero-order valence-electron chi connectivity index (χ0n) is 13.1. The average molecular weight is 284 g/mol. The molecule has 0 radical (unpaired) electrons. The first kappa shape index (κ1) is 18.0. The summed E-state index contributed by atoms with van der Waals surface area (Å²) in [6.45, 7) is 13.9. The second-order valence-corrected chi connectivity index (χ2v) is 5.32. The molecule has 1 aromatic rings. The molecule has 0 saturated heterocycles. The number of rotatable bonds is 3. The number of carbonyl (C=O) groups excluding carboxylic acids is 1. The van der Waals surface area contributed by atoms with Gasteiger partial charge in [-0.3, -0.25) is 4.79 Å². The van der Waals surface area contributed by atoms with E-state index < -0.39 is 0 Å². The van der Waals surface area contributed by atoms with Crippen molar-refractivity contribution in [2.45, 2.75) is 60.3 Å². The number of benzene rings is 1. The van der Waals surface area contributed by atoms with E-state index in [0.717, 1.165) is 16.8 Å². The molecule has 0 aromatic heterocycles. The highest BCUT2D eigenvalue weighted by Crippen LogP contribution is 2.37. The lowest BCUT2D eigenvalue weighted by Gasteiger charge is -2.21. The molecule has 0 unspecified atom stereocenters. The van der Waals surface area contributed by atoms with Crippen molar-refractivity contribution in [1.29, 1.82) is 0 Å². The van der Waals surface area contributed by atoms with Gasteiger partial charge in [-0.1, -0.05) is 59.2 Å². The second kappa shape index (κ2) is 8.21. The minimum atomic E-state index is -0.0592. The summed E-state index contributed by atoms with van der Waals surface area (Å²) in [7, 11) is 0. The van der Waals surface area contributed by atoms with Gasteiger partial charge in [0.05, 0.1) is 0 Å². The molecular weight excluding hydrogens is 258 g/mol. The molecule has 0 spiro atoms. The maximum Gasteiger partial charge on any atom is 0.221 e. The Kier molecular flexibility index (Phi) is 7.77. The molecule has 3 heteroatoms. The van der Waals surface area contributed by atoms with Crippen molar-refractivity contribution >= 4 is 23.2 Å². The van der Waals surface area contributed by atoms with E-state index in [1.807, 2.05) is 26.0 Å². The zero-order valence-corrected chi connectivity index (χ0v) is 13.9. The number of halogens is 1. The molecular formula is C16H26ClNO. The predicted octanol–water partition coefficient (Wildman–Crippen LogP) is 5.57. The maximum atomic E-state index is 11.3. The lowest BCUT2D eigenvalue weighted by atomic mass is 9.92. The Morgan fingerprint density at radius 2 is 1.63 bits per heavy atom. The van der Waals surface area contributed by atoms with Gasteiger partial charge in [-0.15, -0.1) is 0 Å². The molecule has 1 aromatic carbocycles. The van der Waals surface area contributed by atoms with Crippen LogP contribution in [0.4, 0.5) is 5.69 Å². The average Bonchev–Trinajstić information content (AvgIpc) is 2.30. The van der Waals surface area contributed by atoms with Gasteiger partial charge in [0.2, 0.25) is 5.91 Å². The van der Waals surface area contributed by atoms with Crippen molar-refractivity contribution in [1.82, 2.24) is 0 Å². The summed E-state index contributed by atoms with van der Waals surface area (Å²) in [5, 5.41) is 3.64. The molecule has 0 aliphatic rings. The highest BCUT2D eigenvalue weighted by molar-refractivity contribution is 6.32. The highest BCUT2D eigenvalue weighted by atomic mass is 35.5. The van der Waals surface area contributed by atoms with E-state index in [0.29, 0.717) is 10.9 Å². The lowest BCUT2D eigenvalue weighted by Crippen LogP contribution is -2.12. The molecule has 0 fully saturated rings. The minimum absolute atomic E-state index is 0.0592. The van der Waals surface area contributed by atoms with Gasteiger partial charge in [0.25, 0.3) is 0 Å². The SMILES string of the molecule is CC.CC(=O)Nc1c(C(C)C)ccc(Cl)c1C(C)C. The molecule has 0 aliphatic carbocycles. The molecule has 2 nitrogen and oxygen atoms in total. The first-order chi connectivity index (χ1) is 8.84. The monoisotopic (exact) mass is 283 g/mol. The van der Waals surface area contributed by atoms with Crippen molar-refractivity contribution in [3.8, 4) is 0 Å². The second-order valence-electron chi connectivity index (χ2n) is 4.92. The summed E-state index contributed by atoms with van der Waals surface area (Å²) >= 11 is 6.23. The maximum absolute atomic E-state index is 11.3. The van der Waals surface area contributed by atoms with E-state index in [1.54, 1.807) is 0 Å². The Morgan fingerprint density at radius 1 is 1.11 bits per heavy atom. The van der Waals surface area contributed by atoms with Crippen LogP contribution in [0.5, 0.6) is 0 Å². The molecule has 0 saturated carbocycles. The quantitative estimate of drug-likeness (QED) is 0.772. The van der Waals surface area contributed by atoms with Crippen LogP contribution in [0, 0.1) is 0 Å². The van der Waals surface area contributed by atoms with Crippen LogP contribution in [-0.4, -0.2) is 5.91 Å². The molecule has 0 aliphatic heterocycles. The summed E-state index contributed by atoms with van der Waals surface area (Å²) in [6.07, 6.45) is 0. The molecule has 1 rings (SSSR count). The lowest BCUT2D eigenvalue weighted by molar-refractivity contribution is -0.114. The summed E-state index contributed by atoms with van der Waals surface area (Å²) in [5.74, 6) is 0.575. The third kappa shape index (κ3) is 4.87. The van der Waals surface area contributed by atoms with Gasteiger partial charge in [-0.05, 0) is 29.0 Å². The Balaban J connectivity index is 0.00000154. The molecule has 1 amide bonds. The summed E-state index contributed by atoms with van der Waals surface area (Å²) < 4.78 is 0. The van der Waals surface area contributed by atoms with Crippen LogP contribution in [0.3, 0.4) is 0 Å². The number of nitrogens with one attached hydrogen (secondary N) is 1. The minimum Gasteiger partial charge on any atom is -0.326 e. The van der Waals surface area contributed by atoms with Gasteiger partial charge >= 0.3 is 0 Å². The van der Waals surface area contributed by atoms with Gasteiger partial charge in [-0.2, -0.15) is 0 Å². The van der Waals surface area contributed by atoms with Crippen LogP contribution >= 0.6 is 11.6 Å². The van der Waals surface area contributed by atoms with Crippen molar-refractivity contribution in [2.24, 2.45) is 0 Å². The Morgan fingerprint density at radius 3 is 2.00 bits per heavy atom. The van der Waals surface area contributed by atoms with Crippen molar-refractivity contribution < 1.29 is 4.79 Å². The number of amides is 1. The van der Waals surface area contributed by atoms with Crippen LogP contribution in [0.15, 0.2) is 12.1 Å². The molecule has 19 heavy (non-hydrogen) atoms. The zero-order chi connectivity index (χ0) is 15.2. The van der Waals surface area contributed by atoms with E-state index >= 15 is 0 Å². The van der Waals surface area contributed by atoms with Gasteiger partial charge in [0.1, 0.15) is 0 Å². The largest absolute Gasteiger partial charge is 0.326 e. The molecule has 108 valence electrons. The van der Waals surface area contributed by atoms with Gasteiger partial charge in [-0.25, -0.2) is 0 Å². The summed E-state index contributed by atoms with van der Waals surface area (Å²) in [4.78, 5) is 11.3. The first-order valence-corrected chi connectivity index (χ1v) is 7.32. The highest BCUT2D eigenvalue weighted by Gasteiger charge is 2.17. The number of hydrogen-bond donors (Lipinski definition) is 1. The number of carbonyl (C=O) groups is 1. The normalized spacial score (nSPS) is 10.2. The van der Waals surface area contributed by atoms with E-state index in [-0.39, 0.29) is 11.8 Å². The molecule has 0 heterocycles. The van der Waals surface area contributed by atoms with Crippen LogP contribution in [0.25, 0.3) is 0 Å². The first-order valence-electron chi connectivity index (χ1n) is 6.94. The van der Waals surface area contributed by atoms with Crippen LogP contribution in [0.1, 0.15) is 71.4 Å². The van der Waals surface area contributed by atoms with E-state index in [9.17, 15) is 4.79 Å². The topological polar surface area (TPSA) is 29.1 Å². The van der Waals surface area contributed by atoms with Crippen LogP contribution in [-0.2, 0) is 4.79 Å². The fourth-order valence-corrected chi connectivity index (χ4v) is 2.35. The third-order valence-electron chi connectivity index (χ3n) is 2.72. The van der Waals surface area contributed by atoms with E-state index in [4.69, 9.17) is 11.6 Å². The van der Waals surface area contributed by atoms with Crippen LogP contribution in [0.2, 0.25) is 5.02 Å². The smallest absolute Gasteiger partial charge is 0.221 e. The van der Waals surface area contributed by atoms with Crippen molar-refractivity contribution in [3.05, 3.63) is 28.3 Å². The Labute approximate surface area is 122 Å². The molecule has 0 bridgehead atoms. The Bertz CT molecular complexity index is 425. The molecule has 0 atom stereocenters. The van der Waals surface area contributed by atoms with Gasteiger partial charge < -0.3 is 5.32 Å². The molecule has 1 N–H and O–H groups in total. The van der Waals surface area contributed by atoms with Crippen molar-refractivity contribution in [3.63, 3.8) is 0 Å². The fourth-order valence-electron chi connectivity index (χ4n) is 1.97. The number of anilines is 1. The summed E-state index contributed by atoms with van der Waals surface area (Å²) in [6, 6.07) is 3.90. The van der Waals surface area contributed by atoms with Crippen LogP contribution < -0.4 is 5.32 Å². The summed E-state index contributed by atoms with van der Waals surface area (Å²) in [5.41, 5.74) is 3.04.